The molecule has 5 rings (SSSR count). The SMILES string of the molecule is COc1c(C(=O)O)ccc2c1c(-c1ccc3ccccc3c1)nn2C(CC(N)=O)N1CCCC1=O. The van der Waals surface area contributed by atoms with Crippen molar-refractivity contribution in [2.75, 3.05) is 13.7 Å². The molecule has 1 aliphatic rings. The summed E-state index contributed by atoms with van der Waals surface area (Å²) in [5.74, 6) is -1.62. The van der Waals surface area contributed by atoms with Gasteiger partial charge in [0.05, 0.1) is 24.4 Å². The predicted octanol–water partition coefficient (Wildman–Crippen LogP) is 3.56. The van der Waals surface area contributed by atoms with Crippen LogP contribution in [0.5, 0.6) is 5.75 Å². The Balaban J connectivity index is 1.81. The summed E-state index contributed by atoms with van der Waals surface area (Å²) in [6.07, 6.45) is 0.206. The third kappa shape index (κ3) is 3.84. The molecule has 1 atom stereocenters. The summed E-state index contributed by atoms with van der Waals surface area (Å²) in [5, 5.41) is 17.2. The first-order valence-corrected chi connectivity index (χ1v) is 11.3. The molecule has 178 valence electrons. The molecule has 2 heterocycles. The van der Waals surface area contributed by atoms with E-state index in [-0.39, 0.29) is 23.6 Å². The number of hydrogen-bond donors (Lipinski definition) is 2. The molecule has 1 aromatic heterocycles. The Kier molecular flexibility index (Phi) is 5.60. The number of carbonyl (C=O) groups excluding carboxylic acids is 2. The summed E-state index contributed by atoms with van der Waals surface area (Å²) in [5.41, 5.74) is 7.34. The molecule has 0 aliphatic carbocycles. The van der Waals surface area contributed by atoms with Gasteiger partial charge in [-0.15, -0.1) is 0 Å². The lowest BCUT2D eigenvalue weighted by Crippen LogP contribution is -2.37. The molecule has 9 heteroatoms. The Morgan fingerprint density at radius 2 is 1.91 bits per heavy atom. The van der Waals surface area contributed by atoms with E-state index in [4.69, 9.17) is 15.6 Å². The number of fused-ring (bicyclic) bond motifs is 2. The fourth-order valence-electron chi connectivity index (χ4n) is 4.84. The van der Waals surface area contributed by atoms with Crippen LogP contribution in [0.2, 0.25) is 0 Å². The topological polar surface area (TPSA) is 128 Å². The van der Waals surface area contributed by atoms with E-state index in [1.165, 1.54) is 13.2 Å². The maximum absolute atomic E-state index is 12.6. The zero-order valence-corrected chi connectivity index (χ0v) is 19.1. The van der Waals surface area contributed by atoms with Crippen LogP contribution in [0.15, 0.2) is 54.6 Å². The van der Waals surface area contributed by atoms with Gasteiger partial charge in [0, 0.05) is 18.5 Å². The summed E-state index contributed by atoms with van der Waals surface area (Å²) >= 11 is 0. The molecule has 1 saturated heterocycles. The van der Waals surface area contributed by atoms with Crippen LogP contribution in [-0.2, 0) is 9.59 Å². The first-order chi connectivity index (χ1) is 16.9. The molecule has 4 aromatic rings. The number of aromatic nitrogens is 2. The van der Waals surface area contributed by atoms with Crippen molar-refractivity contribution < 1.29 is 24.2 Å². The van der Waals surface area contributed by atoms with E-state index in [0.717, 1.165) is 16.3 Å². The Morgan fingerprint density at radius 1 is 1.14 bits per heavy atom. The molecule has 9 nitrogen and oxygen atoms in total. The van der Waals surface area contributed by atoms with Gasteiger partial charge < -0.3 is 20.5 Å². The van der Waals surface area contributed by atoms with Crippen molar-refractivity contribution >= 4 is 39.5 Å². The van der Waals surface area contributed by atoms with Crippen molar-refractivity contribution in [3.8, 4) is 17.0 Å². The first kappa shape index (κ1) is 22.4. The standard InChI is InChI=1S/C26H24N4O5/c1-35-25-18(26(33)34)10-11-19-23(25)24(17-9-8-15-5-2-3-6-16(15)13-17)28-30(19)21(14-20(27)31)29-12-4-7-22(29)32/h2-3,5-6,8-11,13,21H,4,7,12,14H2,1H3,(H2,27,31)(H,33,34). The molecule has 1 unspecified atom stereocenters. The Morgan fingerprint density at radius 3 is 2.57 bits per heavy atom. The Labute approximate surface area is 200 Å². The average Bonchev–Trinajstić information content (AvgIpc) is 3.45. The number of amides is 2. The van der Waals surface area contributed by atoms with Gasteiger partial charge in [-0.05, 0) is 35.4 Å². The number of primary amides is 1. The molecule has 1 aliphatic heterocycles. The lowest BCUT2D eigenvalue weighted by atomic mass is 10.0. The number of likely N-dealkylation sites (tertiary alicyclic amines) is 1. The molecule has 3 aromatic carbocycles. The van der Waals surface area contributed by atoms with Crippen LogP contribution in [0.1, 0.15) is 35.8 Å². The fraction of sp³-hybridized carbons (Fsp3) is 0.231. The zero-order chi connectivity index (χ0) is 24.7. The number of ether oxygens (including phenoxy) is 1. The van der Waals surface area contributed by atoms with E-state index in [9.17, 15) is 19.5 Å². The minimum Gasteiger partial charge on any atom is -0.495 e. The maximum atomic E-state index is 12.6. The highest BCUT2D eigenvalue weighted by molar-refractivity contribution is 6.06. The normalized spacial score (nSPS) is 14.5. The predicted molar refractivity (Wildman–Crippen MR) is 130 cm³/mol. The number of carbonyl (C=O) groups is 3. The number of nitrogens with two attached hydrogens (primary N) is 1. The molecule has 0 bridgehead atoms. The highest BCUT2D eigenvalue weighted by Crippen LogP contribution is 2.40. The number of benzene rings is 3. The molecule has 0 saturated carbocycles. The van der Waals surface area contributed by atoms with Crippen LogP contribution in [0.4, 0.5) is 0 Å². The summed E-state index contributed by atoms with van der Waals surface area (Å²) < 4.78 is 7.18. The summed E-state index contributed by atoms with van der Waals surface area (Å²) in [6, 6.07) is 16.8. The summed E-state index contributed by atoms with van der Waals surface area (Å²) in [6.45, 7) is 0.480. The third-order valence-corrected chi connectivity index (χ3v) is 6.42. The van der Waals surface area contributed by atoms with Crippen molar-refractivity contribution in [1.82, 2.24) is 14.7 Å². The summed E-state index contributed by atoms with van der Waals surface area (Å²) in [7, 11) is 1.41. The van der Waals surface area contributed by atoms with Crippen molar-refractivity contribution in [3.05, 3.63) is 60.2 Å². The molecular formula is C26H24N4O5. The second-order valence-electron chi connectivity index (χ2n) is 8.54. The smallest absolute Gasteiger partial charge is 0.339 e. The van der Waals surface area contributed by atoms with Gasteiger partial charge >= 0.3 is 5.97 Å². The van der Waals surface area contributed by atoms with Gasteiger partial charge in [0.2, 0.25) is 11.8 Å². The van der Waals surface area contributed by atoms with Crippen LogP contribution in [0.3, 0.4) is 0 Å². The number of carboxylic acid groups (broad SMARTS) is 1. The van der Waals surface area contributed by atoms with E-state index in [1.54, 1.807) is 15.6 Å². The average molecular weight is 473 g/mol. The van der Waals surface area contributed by atoms with Gasteiger partial charge in [0.15, 0.2) is 0 Å². The van der Waals surface area contributed by atoms with Crippen molar-refractivity contribution in [2.45, 2.75) is 25.4 Å². The second kappa shape index (κ2) is 8.75. The third-order valence-electron chi connectivity index (χ3n) is 6.42. The number of carboxylic acids is 1. The van der Waals surface area contributed by atoms with Gasteiger partial charge in [-0.25, -0.2) is 9.48 Å². The van der Waals surface area contributed by atoms with Crippen molar-refractivity contribution in [3.63, 3.8) is 0 Å². The Bertz CT molecular complexity index is 1490. The number of aromatic carboxylic acids is 1. The highest BCUT2D eigenvalue weighted by atomic mass is 16.5. The summed E-state index contributed by atoms with van der Waals surface area (Å²) in [4.78, 5) is 38.2. The van der Waals surface area contributed by atoms with Crippen LogP contribution in [0.25, 0.3) is 32.9 Å². The molecule has 2 amide bonds. The first-order valence-electron chi connectivity index (χ1n) is 11.3. The minimum absolute atomic E-state index is 0.00899. The van der Waals surface area contributed by atoms with Crippen LogP contribution < -0.4 is 10.5 Å². The monoisotopic (exact) mass is 472 g/mol. The van der Waals surface area contributed by atoms with E-state index in [1.807, 2.05) is 42.5 Å². The molecule has 35 heavy (non-hydrogen) atoms. The molecular weight excluding hydrogens is 448 g/mol. The molecule has 0 radical (unpaired) electrons. The minimum atomic E-state index is -1.13. The number of methoxy groups -OCH3 is 1. The van der Waals surface area contributed by atoms with E-state index in [2.05, 4.69) is 0 Å². The van der Waals surface area contributed by atoms with Crippen LogP contribution >= 0.6 is 0 Å². The largest absolute Gasteiger partial charge is 0.495 e. The van der Waals surface area contributed by atoms with Gasteiger partial charge in [0.1, 0.15) is 23.2 Å². The lowest BCUT2D eigenvalue weighted by molar-refractivity contribution is -0.133. The van der Waals surface area contributed by atoms with Crippen LogP contribution in [-0.4, -0.2) is 51.2 Å². The molecule has 3 N–H and O–H groups in total. The van der Waals surface area contributed by atoms with Gasteiger partial charge in [0.25, 0.3) is 0 Å². The highest BCUT2D eigenvalue weighted by Gasteiger charge is 2.33. The van der Waals surface area contributed by atoms with Crippen molar-refractivity contribution in [2.24, 2.45) is 5.73 Å². The number of rotatable bonds is 7. The molecule has 1 fully saturated rings. The second-order valence-corrected chi connectivity index (χ2v) is 8.54. The van der Waals surface area contributed by atoms with Gasteiger partial charge in [-0.1, -0.05) is 36.4 Å². The van der Waals surface area contributed by atoms with Crippen LogP contribution in [0, 0.1) is 0 Å². The van der Waals surface area contributed by atoms with E-state index < -0.39 is 18.0 Å². The van der Waals surface area contributed by atoms with E-state index in [0.29, 0.717) is 36.0 Å². The number of hydrogen-bond acceptors (Lipinski definition) is 5. The van der Waals surface area contributed by atoms with E-state index >= 15 is 0 Å². The van der Waals surface area contributed by atoms with Gasteiger partial charge in [-0.2, -0.15) is 5.10 Å². The fourth-order valence-corrected chi connectivity index (χ4v) is 4.84. The quantitative estimate of drug-likeness (QED) is 0.423. The van der Waals surface area contributed by atoms with Gasteiger partial charge in [-0.3, -0.25) is 9.59 Å². The lowest BCUT2D eigenvalue weighted by Gasteiger charge is -2.27. The Hall–Kier alpha value is -4.40. The maximum Gasteiger partial charge on any atom is 0.339 e. The zero-order valence-electron chi connectivity index (χ0n) is 19.1. The number of nitrogens with zero attached hydrogens (tertiary/aromatic N) is 3. The molecule has 0 spiro atoms. The van der Waals surface area contributed by atoms with Crippen molar-refractivity contribution in [1.29, 1.82) is 0 Å².